The second-order valence-corrected chi connectivity index (χ2v) is 5.89. The van der Waals surface area contributed by atoms with Crippen LogP contribution >= 0.6 is 0 Å². The predicted molar refractivity (Wildman–Crippen MR) is 67.2 cm³/mol. The Morgan fingerprint density at radius 1 is 1.00 bits per heavy atom. The van der Waals surface area contributed by atoms with Gasteiger partial charge in [-0.3, -0.25) is 0 Å². The highest BCUT2D eigenvalue weighted by Gasteiger charge is 2.42. The van der Waals surface area contributed by atoms with Crippen molar-refractivity contribution >= 4 is 0 Å². The molecule has 2 heteroatoms. The van der Waals surface area contributed by atoms with Gasteiger partial charge in [-0.15, -0.1) is 0 Å². The zero-order chi connectivity index (χ0) is 11.4. The molecule has 0 heterocycles. The second-order valence-electron chi connectivity index (χ2n) is 5.89. The normalized spacial score (nSPS) is 37.5. The van der Waals surface area contributed by atoms with Gasteiger partial charge in [0.2, 0.25) is 0 Å². The lowest BCUT2D eigenvalue weighted by Crippen LogP contribution is -2.46. The number of nitrogens with two attached hydrogens (primary N) is 1. The minimum atomic E-state index is -0.422. The molecule has 2 unspecified atom stereocenters. The van der Waals surface area contributed by atoms with Gasteiger partial charge < -0.3 is 10.8 Å². The van der Waals surface area contributed by atoms with Crippen LogP contribution in [0.4, 0.5) is 0 Å². The van der Waals surface area contributed by atoms with Gasteiger partial charge in [-0.05, 0) is 37.6 Å². The highest BCUT2D eigenvalue weighted by Crippen LogP contribution is 2.45. The first kappa shape index (κ1) is 12.4. The summed E-state index contributed by atoms with van der Waals surface area (Å²) in [5, 5.41) is 10.8. The fourth-order valence-electron chi connectivity index (χ4n) is 4.02. The van der Waals surface area contributed by atoms with E-state index in [2.05, 4.69) is 0 Å². The minimum absolute atomic E-state index is 0.422. The lowest BCUT2D eigenvalue weighted by molar-refractivity contribution is -0.0810. The minimum Gasteiger partial charge on any atom is -0.390 e. The highest BCUT2D eigenvalue weighted by atomic mass is 16.3. The third kappa shape index (κ3) is 2.60. The van der Waals surface area contributed by atoms with Crippen LogP contribution in [0.25, 0.3) is 0 Å². The molecular weight excluding hydrogens is 198 g/mol. The molecule has 16 heavy (non-hydrogen) atoms. The third-order valence-corrected chi connectivity index (χ3v) is 4.86. The Hall–Kier alpha value is -0.0800. The average molecular weight is 225 g/mol. The van der Waals surface area contributed by atoms with Crippen molar-refractivity contribution < 1.29 is 5.11 Å². The first-order valence-corrected chi connectivity index (χ1v) is 7.19. The largest absolute Gasteiger partial charge is 0.390 e. The summed E-state index contributed by atoms with van der Waals surface area (Å²) in [5.74, 6) is 1.33. The Morgan fingerprint density at radius 3 is 2.38 bits per heavy atom. The molecule has 2 atom stereocenters. The molecular formula is C14H27NO. The maximum absolute atomic E-state index is 10.8. The van der Waals surface area contributed by atoms with Crippen molar-refractivity contribution in [2.75, 3.05) is 6.54 Å². The molecule has 2 fully saturated rings. The quantitative estimate of drug-likeness (QED) is 0.776. The standard InChI is InChI=1S/C14H27NO/c15-11-10-14(16)9-5-4-8-13(14)12-6-2-1-3-7-12/h12-13,16H,1-11,15H2. The van der Waals surface area contributed by atoms with E-state index in [9.17, 15) is 5.11 Å². The molecule has 2 rings (SSSR count). The smallest absolute Gasteiger partial charge is 0.0690 e. The molecule has 94 valence electrons. The molecule has 0 amide bonds. The molecule has 0 aromatic heterocycles. The van der Waals surface area contributed by atoms with E-state index in [0.717, 1.165) is 18.8 Å². The Kier molecular flexibility index (Phi) is 4.26. The zero-order valence-corrected chi connectivity index (χ0v) is 10.5. The van der Waals surface area contributed by atoms with E-state index in [4.69, 9.17) is 5.73 Å². The summed E-state index contributed by atoms with van der Waals surface area (Å²) in [5.41, 5.74) is 5.25. The van der Waals surface area contributed by atoms with Gasteiger partial charge >= 0.3 is 0 Å². The summed E-state index contributed by atoms with van der Waals surface area (Å²) in [6.45, 7) is 0.639. The van der Waals surface area contributed by atoms with Crippen LogP contribution in [0.5, 0.6) is 0 Å². The molecule has 2 aliphatic carbocycles. The Labute approximate surface area is 99.6 Å². The fourth-order valence-corrected chi connectivity index (χ4v) is 4.02. The summed E-state index contributed by atoms with van der Waals surface area (Å²) in [6.07, 6.45) is 12.4. The third-order valence-electron chi connectivity index (χ3n) is 4.86. The molecule has 2 saturated carbocycles. The topological polar surface area (TPSA) is 46.2 Å². The van der Waals surface area contributed by atoms with E-state index in [1.807, 2.05) is 0 Å². The number of aliphatic hydroxyl groups is 1. The van der Waals surface area contributed by atoms with Crippen molar-refractivity contribution in [3.05, 3.63) is 0 Å². The maximum Gasteiger partial charge on any atom is 0.0690 e. The van der Waals surface area contributed by atoms with E-state index in [-0.39, 0.29) is 0 Å². The zero-order valence-electron chi connectivity index (χ0n) is 10.5. The number of hydrogen-bond acceptors (Lipinski definition) is 2. The van der Waals surface area contributed by atoms with Crippen LogP contribution in [0.2, 0.25) is 0 Å². The van der Waals surface area contributed by atoms with Crippen molar-refractivity contribution in [1.82, 2.24) is 0 Å². The lowest BCUT2D eigenvalue weighted by Gasteiger charge is -2.45. The Balaban J connectivity index is 2.02. The van der Waals surface area contributed by atoms with E-state index in [1.54, 1.807) is 0 Å². The monoisotopic (exact) mass is 225 g/mol. The summed E-state index contributed by atoms with van der Waals surface area (Å²) in [7, 11) is 0. The summed E-state index contributed by atoms with van der Waals surface area (Å²) >= 11 is 0. The van der Waals surface area contributed by atoms with E-state index in [1.165, 1.54) is 51.4 Å². The predicted octanol–water partition coefficient (Wildman–Crippen LogP) is 2.84. The van der Waals surface area contributed by atoms with Gasteiger partial charge in [0.25, 0.3) is 0 Å². The van der Waals surface area contributed by atoms with Crippen LogP contribution in [0.15, 0.2) is 0 Å². The molecule has 0 aromatic rings. The van der Waals surface area contributed by atoms with Crippen LogP contribution < -0.4 is 5.73 Å². The molecule has 2 aliphatic rings. The van der Waals surface area contributed by atoms with Crippen molar-refractivity contribution in [2.24, 2.45) is 17.6 Å². The molecule has 0 spiro atoms. The van der Waals surface area contributed by atoms with Gasteiger partial charge in [-0.2, -0.15) is 0 Å². The molecule has 0 radical (unpaired) electrons. The van der Waals surface area contributed by atoms with Crippen molar-refractivity contribution in [3.8, 4) is 0 Å². The SMILES string of the molecule is NCCC1(O)CCCCC1C1CCCCC1. The van der Waals surface area contributed by atoms with Gasteiger partial charge in [-0.25, -0.2) is 0 Å². The molecule has 0 aromatic carbocycles. The first-order chi connectivity index (χ1) is 7.76. The highest BCUT2D eigenvalue weighted by molar-refractivity contribution is 4.94. The van der Waals surface area contributed by atoms with Crippen LogP contribution in [-0.2, 0) is 0 Å². The van der Waals surface area contributed by atoms with Crippen molar-refractivity contribution in [1.29, 1.82) is 0 Å². The van der Waals surface area contributed by atoms with Gasteiger partial charge in [0.05, 0.1) is 5.60 Å². The molecule has 0 bridgehead atoms. The molecule has 3 N–H and O–H groups in total. The van der Waals surface area contributed by atoms with E-state index < -0.39 is 5.60 Å². The van der Waals surface area contributed by atoms with E-state index >= 15 is 0 Å². The Bertz CT molecular complexity index is 209. The summed E-state index contributed by atoms with van der Waals surface area (Å²) in [6, 6.07) is 0. The van der Waals surface area contributed by atoms with Gasteiger partial charge in [0.15, 0.2) is 0 Å². The van der Waals surface area contributed by atoms with Gasteiger partial charge in [-0.1, -0.05) is 44.9 Å². The lowest BCUT2D eigenvalue weighted by atomic mass is 9.64. The van der Waals surface area contributed by atoms with Crippen molar-refractivity contribution in [2.45, 2.75) is 69.8 Å². The molecule has 2 nitrogen and oxygen atoms in total. The fraction of sp³-hybridized carbons (Fsp3) is 1.00. The van der Waals surface area contributed by atoms with Crippen LogP contribution in [0, 0.1) is 11.8 Å². The second kappa shape index (κ2) is 5.50. The number of hydrogen-bond donors (Lipinski definition) is 2. The van der Waals surface area contributed by atoms with Crippen LogP contribution in [0.3, 0.4) is 0 Å². The molecule has 0 saturated heterocycles. The average Bonchev–Trinajstić information content (AvgIpc) is 2.31. The van der Waals surface area contributed by atoms with Gasteiger partial charge in [0, 0.05) is 0 Å². The first-order valence-electron chi connectivity index (χ1n) is 7.19. The summed E-state index contributed by atoms with van der Waals surface area (Å²) in [4.78, 5) is 0. The Morgan fingerprint density at radius 2 is 1.69 bits per heavy atom. The van der Waals surface area contributed by atoms with Crippen LogP contribution in [-0.4, -0.2) is 17.3 Å². The van der Waals surface area contributed by atoms with Gasteiger partial charge in [0.1, 0.15) is 0 Å². The summed E-state index contributed by atoms with van der Waals surface area (Å²) < 4.78 is 0. The number of rotatable bonds is 3. The van der Waals surface area contributed by atoms with Crippen molar-refractivity contribution in [3.63, 3.8) is 0 Å². The molecule has 0 aliphatic heterocycles. The van der Waals surface area contributed by atoms with Crippen LogP contribution in [0.1, 0.15) is 64.2 Å². The van der Waals surface area contributed by atoms with E-state index in [0.29, 0.717) is 12.5 Å². The maximum atomic E-state index is 10.8.